The van der Waals surface area contributed by atoms with Gasteiger partial charge in [0.2, 0.25) is 5.91 Å². The third-order valence-electron chi connectivity index (χ3n) is 3.53. The molecule has 1 fully saturated rings. The number of nitrogens with zero attached hydrogens (tertiary/aromatic N) is 2. The number of benzene rings is 1. The highest BCUT2D eigenvalue weighted by Gasteiger charge is 2.19. The van der Waals surface area contributed by atoms with Crippen LogP contribution in [0.4, 0.5) is 4.39 Å². The molecule has 1 amide bonds. The summed E-state index contributed by atoms with van der Waals surface area (Å²) < 4.78 is 13.3. The summed E-state index contributed by atoms with van der Waals surface area (Å²) in [5, 5.41) is 0. The second-order valence-corrected chi connectivity index (χ2v) is 5.00. The third kappa shape index (κ3) is 3.52. The van der Waals surface area contributed by atoms with Crippen LogP contribution in [0.25, 0.3) is 0 Å². The van der Waals surface area contributed by atoms with Crippen molar-refractivity contribution in [3.63, 3.8) is 0 Å². The van der Waals surface area contributed by atoms with E-state index in [9.17, 15) is 9.18 Å². The van der Waals surface area contributed by atoms with Crippen LogP contribution < -0.4 is 5.73 Å². The monoisotopic (exact) mass is 265 g/mol. The molecule has 4 nitrogen and oxygen atoms in total. The molecule has 1 saturated heterocycles. The van der Waals surface area contributed by atoms with Crippen LogP contribution in [0.2, 0.25) is 0 Å². The summed E-state index contributed by atoms with van der Waals surface area (Å²) in [6.07, 6.45) is 0.940. The van der Waals surface area contributed by atoms with Gasteiger partial charge in [0.25, 0.3) is 0 Å². The Morgan fingerprint density at radius 1 is 1.32 bits per heavy atom. The lowest BCUT2D eigenvalue weighted by Crippen LogP contribution is -2.34. The van der Waals surface area contributed by atoms with Crippen molar-refractivity contribution in [1.82, 2.24) is 9.80 Å². The summed E-state index contributed by atoms with van der Waals surface area (Å²) in [7, 11) is 1.82. The van der Waals surface area contributed by atoms with Crippen LogP contribution in [0, 0.1) is 5.82 Å². The van der Waals surface area contributed by atoms with Gasteiger partial charge in [-0.05, 0) is 29.7 Å². The molecule has 1 aromatic rings. The minimum Gasteiger partial charge on any atom is -0.345 e. The molecule has 1 aromatic carbocycles. The van der Waals surface area contributed by atoms with E-state index in [-0.39, 0.29) is 11.7 Å². The van der Waals surface area contributed by atoms with Gasteiger partial charge in [-0.2, -0.15) is 0 Å². The van der Waals surface area contributed by atoms with E-state index in [2.05, 4.69) is 4.90 Å². The van der Waals surface area contributed by atoms with Gasteiger partial charge in [-0.1, -0.05) is 6.07 Å². The molecule has 2 N–H and O–H groups in total. The van der Waals surface area contributed by atoms with Gasteiger partial charge in [-0.25, -0.2) is 4.39 Å². The SMILES string of the molecule is CN1CCCN(Cc2cc(F)ccc2CN)CC1=O. The van der Waals surface area contributed by atoms with Gasteiger partial charge in [0.1, 0.15) is 5.82 Å². The van der Waals surface area contributed by atoms with Crippen molar-refractivity contribution >= 4 is 5.91 Å². The summed E-state index contributed by atoms with van der Waals surface area (Å²) in [6.45, 7) is 2.97. The number of amides is 1. The second-order valence-electron chi connectivity index (χ2n) is 5.00. The lowest BCUT2D eigenvalue weighted by molar-refractivity contribution is -0.130. The molecule has 0 atom stereocenters. The zero-order valence-electron chi connectivity index (χ0n) is 11.2. The van der Waals surface area contributed by atoms with Crippen LogP contribution in [0.15, 0.2) is 18.2 Å². The van der Waals surface area contributed by atoms with Gasteiger partial charge in [-0.3, -0.25) is 9.69 Å². The predicted octanol–water partition coefficient (Wildman–Crippen LogP) is 0.949. The highest BCUT2D eigenvalue weighted by Crippen LogP contribution is 2.15. The third-order valence-corrected chi connectivity index (χ3v) is 3.53. The molecule has 0 saturated carbocycles. The molecule has 0 aliphatic carbocycles. The van der Waals surface area contributed by atoms with E-state index in [0.29, 0.717) is 19.6 Å². The molecule has 1 aliphatic heterocycles. The Hall–Kier alpha value is -1.46. The van der Waals surface area contributed by atoms with Crippen LogP contribution in [0.3, 0.4) is 0 Å². The molecule has 0 unspecified atom stereocenters. The summed E-state index contributed by atoms with van der Waals surface area (Å²) in [5.41, 5.74) is 7.48. The zero-order valence-corrected chi connectivity index (χ0v) is 11.2. The average molecular weight is 265 g/mol. The van der Waals surface area contributed by atoms with Crippen LogP contribution in [0.5, 0.6) is 0 Å². The number of carbonyl (C=O) groups is 1. The molecular weight excluding hydrogens is 245 g/mol. The van der Waals surface area contributed by atoms with E-state index < -0.39 is 0 Å². The molecule has 0 radical (unpaired) electrons. The van der Waals surface area contributed by atoms with Gasteiger partial charge < -0.3 is 10.6 Å². The quantitative estimate of drug-likeness (QED) is 0.885. The number of nitrogens with two attached hydrogens (primary N) is 1. The number of likely N-dealkylation sites (N-methyl/N-ethyl adjacent to an activating group) is 1. The van der Waals surface area contributed by atoms with E-state index in [4.69, 9.17) is 5.73 Å². The Balaban J connectivity index is 2.12. The van der Waals surface area contributed by atoms with Crippen LogP contribution in [-0.4, -0.2) is 42.4 Å². The molecule has 19 heavy (non-hydrogen) atoms. The first-order chi connectivity index (χ1) is 9.10. The maximum Gasteiger partial charge on any atom is 0.236 e. The smallest absolute Gasteiger partial charge is 0.236 e. The molecule has 104 valence electrons. The number of rotatable bonds is 3. The molecule has 0 aromatic heterocycles. The Kier molecular flexibility index (Phi) is 4.50. The standard InChI is InChI=1S/C14H20FN3O/c1-17-5-2-6-18(10-14(17)19)9-12-7-13(15)4-3-11(12)8-16/h3-4,7H,2,5-6,8-10,16H2,1H3. The minimum absolute atomic E-state index is 0.114. The van der Waals surface area contributed by atoms with E-state index in [1.54, 1.807) is 11.0 Å². The first kappa shape index (κ1) is 14.0. The van der Waals surface area contributed by atoms with E-state index in [1.165, 1.54) is 12.1 Å². The average Bonchev–Trinajstić information content (AvgIpc) is 2.52. The minimum atomic E-state index is -0.259. The predicted molar refractivity (Wildman–Crippen MR) is 71.8 cm³/mol. The van der Waals surface area contributed by atoms with Crippen LogP contribution >= 0.6 is 0 Å². The number of hydrogen-bond donors (Lipinski definition) is 1. The van der Waals surface area contributed by atoms with Crippen molar-refractivity contribution in [2.24, 2.45) is 5.73 Å². The normalized spacial score (nSPS) is 17.6. The summed E-state index contributed by atoms with van der Waals surface area (Å²) in [5.74, 6) is -0.145. The summed E-state index contributed by atoms with van der Waals surface area (Å²) in [4.78, 5) is 15.6. The Labute approximate surface area is 113 Å². The Morgan fingerprint density at radius 3 is 2.84 bits per heavy atom. The molecule has 0 spiro atoms. The van der Waals surface area contributed by atoms with E-state index >= 15 is 0 Å². The highest BCUT2D eigenvalue weighted by atomic mass is 19.1. The van der Waals surface area contributed by atoms with Crippen molar-refractivity contribution in [3.05, 3.63) is 35.1 Å². The summed E-state index contributed by atoms with van der Waals surface area (Å²) >= 11 is 0. The number of hydrogen-bond acceptors (Lipinski definition) is 3. The Morgan fingerprint density at radius 2 is 2.11 bits per heavy atom. The number of carbonyl (C=O) groups excluding carboxylic acids is 1. The zero-order chi connectivity index (χ0) is 13.8. The molecular formula is C14H20FN3O. The van der Waals surface area contributed by atoms with Gasteiger partial charge in [0.05, 0.1) is 6.54 Å². The van der Waals surface area contributed by atoms with Crippen LogP contribution in [0.1, 0.15) is 17.5 Å². The molecule has 2 rings (SSSR count). The first-order valence-electron chi connectivity index (χ1n) is 6.54. The van der Waals surface area contributed by atoms with Gasteiger partial charge in [-0.15, -0.1) is 0 Å². The van der Waals surface area contributed by atoms with E-state index in [1.807, 2.05) is 7.05 Å². The topological polar surface area (TPSA) is 49.6 Å². The van der Waals surface area contributed by atoms with Crippen molar-refractivity contribution < 1.29 is 9.18 Å². The Bertz CT molecular complexity index is 464. The van der Waals surface area contributed by atoms with Gasteiger partial charge in [0, 0.05) is 33.2 Å². The molecule has 1 aliphatic rings. The first-order valence-corrected chi connectivity index (χ1v) is 6.54. The van der Waals surface area contributed by atoms with Crippen molar-refractivity contribution in [3.8, 4) is 0 Å². The van der Waals surface area contributed by atoms with Gasteiger partial charge >= 0.3 is 0 Å². The fraction of sp³-hybridized carbons (Fsp3) is 0.500. The van der Waals surface area contributed by atoms with E-state index in [0.717, 1.165) is 30.6 Å². The molecule has 1 heterocycles. The lowest BCUT2D eigenvalue weighted by atomic mass is 10.1. The van der Waals surface area contributed by atoms with Gasteiger partial charge in [0.15, 0.2) is 0 Å². The maximum atomic E-state index is 13.3. The second kappa shape index (κ2) is 6.12. The maximum absolute atomic E-state index is 13.3. The largest absolute Gasteiger partial charge is 0.345 e. The number of halogens is 1. The highest BCUT2D eigenvalue weighted by molar-refractivity contribution is 5.78. The molecule has 0 bridgehead atoms. The fourth-order valence-electron chi connectivity index (χ4n) is 2.36. The summed E-state index contributed by atoms with van der Waals surface area (Å²) in [6, 6.07) is 4.66. The van der Waals surface area contributed by atoms with Crippen molar-refractivity contribution in [2.75, 3.05) is 26.7 Å². The molecule has 5 heteroatoms. The lowest BCUT2D eigenvalue weighted by Gasteiger charge is -2.20. The van der Waals surface area contributed by atoms with Crippen molar-refractivity contribution in [2.45, 2.75) is 19.5 Å². The van der Waals surface area contributed by atoms with Crippen LogP contribution in [-0.2, 0) is 17.9 Å². The fourth-order valence-corrected chi connectivity index (χ4v) is 2.36. The van der Waals surface area contributed by atoms with Crippen molar-refractivity contribution in [1.29, 1.82) is 0 Å².